The molecule has 0 aliphatic heterocycles. The molecule has 0 aliphatic carbocycles. The predicted molar refractivity (Wildman–Crippen MR) is 142 cm³/mol. The molecule has 1 heterocycles. The first-order valence-corrected chi connectivity index (χ1v) is 11.1. The molecule has 0 atom stereocenters. The van der Waals surface area contributed by atoms with Crippen LogP contribution < -0.4 is 4.57 Å². The summed E-state index contributed by atoms with van der Waals surface area (Å²) in [5.41, 5.74) is 3.85. The van der Waals surface area contributed by atoms with E-state index in [-0.39, 0.29) is 27.8 Å². The minimum atomic E-state index is -2.70. The first kappa shape index (κ1) is 14.2. The molecule has 0 amide bonds. The second-order valence-corrected chi connectivity index (χ2v) is 9.69. The molecule has 1 aromatic heterocycles. The van der Waals surface area contributed by atoms with E-state index in [1.807, 2.05) is 76.2 Å². The van der Waals surface area contributed by atoms with Crippen LogP contribution in [0.25, 0.3) is 33.5 Å². The second kappa shape index (κ2) is 8.63. The Labute approximate surface area is 212 Å². The summed E-state index contributed by atoms with van der Waals surface area (Å²) in [7, 11) is 1.74. The van der Waals surface area contributed by atoms with E-state index in [1.165, 1.54) is 18.3 Å². The number of aromatic nitrogens is 1. The molecule has 33 heavy (non-hydrogen) atoms. The third kappa shape index (κ3) is 4.50. The molecule has 0 fully saturated rings. The van der Waals surface area contributed by atoms with Gasteiger partial charge in [0.1, 0.15) is 7.05 Å². The molecule has 0 aliphatic rings. The molecule has 4 aromatic rings. The molecule has 1 nitrogen and oxygen atoms in total. The number of benzene rings is 3. The van der Waals surface area contributed by atoms with Gasteiger partial charge in [-0.25, -0.2) is 4.57 Å². The topological polar surface area (TPSA) is 3.88 Å². The number of hydrogen-bond acceptors (Lipinski definition) is 0. The molecular formula is C32H36N+. The molecular weight excluding hydrogens is 398 g/mol. The van der Waals surface area contributed by atoms with Crippen molar-refractivity contribution in [2.45, 2.75) is 53.7 Å². The van der Waals surface area contributed by atoms with Crippen molar-refractivity contribution in [1.82, 2.24) is 0 Å². The molecule has 0 bridgehead atoms. The maximum absolute atomic E-state index is 8.41. The SMILES string of the molecule is [2H]C([2H])([2H])c1c[n+](C)c(-c2cc(-c3ccccc3)ccc2C)cc1-c1c(C([2H])([2H])[2H])cc(C(C)(C)C)cc1C([2H])([2H])[2H]. The third-order valence-corrected chi connectivity index (χ3v) is 6.17. The van der Waals surface area contributed by atoms with E-state index >= 15 is 0 Å². The lowest BCUT2D eigenvalue weighted by molar-refractivity contribution is -0.660. The Morgan fingerprint density at radius 1 is 0.697 bits per heavy atom. The molecule has 0 saturated heterocycles. The third-order valence-electron chi connectivity index (χ3n) is 6.17. The molecule has 1 heteroatoms. The highest BCUT2D eigenvalue weighted by Gasteiger charge is 2.21. The van der Waals surface area contributed by atoms with E-state index in [2.05, 4.69) is 0 Å². The highest BCUT2D eigenvalue weighted by Crippen LogP contribution is 2.36. The van der Waals surface area contributed by atoms with Gasteiger partial charge in [0.2, 0.25) is 5.69 Å². The van der Waals surface area contributed by atoms with Gasteiger partial charge in [0.25, 0.3) is 0 Å². The fourth-order valence-electron chi connectivity index (χ4n) is 4.20. The summed E-state index contributed by atoms with van der Waals surface area (Å²) in [6.45, 7) is -0.467. The van der Waals surface area contributed by atoms with Gasteiger partial charge in [0.15, 0.2) is 6.20 Å². The van der Waals surface area contributed by atoms with E-state index in [4.69, 9.17) is 12.3 Å². The fourth-order valence-corrected chi connectivity index (χ4v) is 4.20. The summed E-state index contributed by atoms with van der Waals surface area (Å²) in [6, 6.07) is 20.5. The van der Waals surface area contributed by atoms with Crippen molar-refractivity contribution in [3.8, 4) is 33.5 Å². The number of aryl methyl sites for hydroxylation is 5. The van der Waals surface area contributed by atoms with E-state index in [9.17, 15) is 0 Å². The molecule has 0 spiro atoms. The molecule has 0 radical (unpaired) electrons. The van der Waals surface area contributed by atoms with Crippen LogP contribution in [0, 0.1) is 27.5 Å². The lowest BCUT2D eigenvalue weighted by Crippen LogP contribution is -2.31. The zero-order chi connectivity index (χ0) is 31.4. The minimum Gasteiger partial charge on any atom is -0.201 e. The zero-order valence-corrected chi connectivity index (χ0v) is 19.9. The Hall–Kier alpha value is -3.19. The molecule has 168 valence electrons. The predicted octanol–water partition coefficient (Wildman–Crippen LogP) is 8.04. The lowest BCUT2D eigenvalue weighted by Gasteiger charge is -2.23. The standard InChI is InChI=1S/C32H36N/c1-21-14-15-26(25-12-10-9-11-13-25)18-28(21)30-19-29(24(4)20-33(30)8)31-22(2)16-27(17-23(31)3)32(5,6)7/h9-20H,1-8H3/q+1/i2D3,3D3,4D3. The number of rotatable bonds is 3. The van der Waals surface area contributed by atoms with Gasteiger partial charge in [-0.15, -0.1) is 0 Å². The van der Waals surface area contributed by atoms with Crippen molar-refractivity contribution < 1.29 is 16.9 Å². The van der Waals surface area contributed by atoms with E-state index < -0.39 is 26.0 Å². The maximum Gasteiger partial charge on any atom is 0.213 e. The molecule has 4 rings (SSSR count). The van der Waals surface area contributed by atoms with Crippen molar-refractivity contribution in [2.24, 2.45) is 7.05 Å². The summed E-state index contributed by atoms with van der Waals surface area (Å²) in [5, 5.41) is 0. The number of pyridine rings is 1. The maximum atomic E-state index is 8.41. The Bertz CT molecular complexity index is 1590. The van der Waals surface area contributed by atoms with E-state index in [0.717, 1.165) is 22.3 Å². The van der Waals surface area contributed by atoms with Crippen LogP contribution >= 0.6 is 0 Å². The highest BCUT2D eigenvalue weighted by molar-refractivity contribution is 5.79. The first-order valence-electron chi connectivity index (χ1n) is 15.6. The Balaban J connectivity index is 2.16. The molecule has 0 N–H and O–H groups in total. The van der Waals surface area contributed by atoms with Crippen molar-refractivity contribution in [2.75, 3.05) is 0 Å². The fraction of sp³-hybridized carbons (Fsp3) is 0.281. The van der Waals surface area contributed by atoms with Gasteiger partial charge in [-0.05, 0) is 83.5 Å². The van der Waals surface area contributed by atoms with Crippen LogP contribution in [-0.4, -0.2) is 0 Å². The van der Waals surface area contributed by atoms with Crippen LogP contribution in [0.3, 0.4) is 0 Å². The molecule has 0 saturated carbocycles. The lowest BCUT2D eigenvalue weighted by atomic mass is 9.82. The van der Waals surface area contributed by atoms with Crippen LogP contribution in [-0.2, 0) is 12.5 Å². The number of nitrogens with zero attached hydrogens (tertiary/aromatic N) is 1. The van der Waals surface area contributed by atoms with Crippen LogP contribution in [0.5, 0.6) is 0 Å². The Kier molecular flexibility index (Phi) is 3.70. The second-order valence-electron chi connectivity index (χ2n) is 9.69. The van der Waals surface area contributed by atoms with Gasteiger partial charge < -0.3 is 0 Å². The first-order chi connectivity index (χ1) is 19.2. The van der Waals surface area contributed by atoms with Gasteiger partial charge in [0.05, 0.1) is 0 Å². The Morgan fingerprint density at radius 3 is 1.97 bits per heavy atom. The smallest absolute Gasteiger partial charge is 0.201 e. The average Bonchev–Trinajstić information content (AvgIpc) is 2.86. The molecule has 0 unspecified atom stereocenters. The minimum absolute atomic E-state index is 0.0744. The van der Waals surface area contributed by atoms with Gasteiger partial charge in [-0.1, -0.05) is 75.4 Å². The van der Waals surface area contributed by atoms with Gasteiger partial charge >= 0.3 is 0 Å². The van der Waals surface area contributed by atoms with Crippen LogP contribution in [0.4, 0.5) is 0 Å². The summed E-state index contributed by atoms with van der Waals surface area (Å²) in [4.78, 5) is 0. The van der Waals surface area contributed by atoms with Crippen LogP contribution in [0.1, 0.15) is 60.9 Å². The largest absolute Gasteiger partial charge is 0.213 e. The Morgan fingerprint density at radius 2 is 1.36 bits per heavy atom. The highest BCUT2D eigenvalue weighted by atomic mass is 14.9. The summed E-state index contributed by atoms with van der Waals surface area (Å²) >= 11 is 0. The summed E-state index contributed by atoms with van der Waals surface area (Å²) in [5.74, 6) is 0. The van der Waals surface area contributed by atoms with Gasteiger partial charge in [-0.2, -0.15) is 0 Å². The quantitative estimate of drug-likeness (QED) is 0.282. The monoisotopic (exact) mass is 443 g/mol. The van der Waals surface area contributed by atoms with E-state index in [1.54, 1.807) is 17.7 Å². The normalized spacial score (nSPS) is 16.8. The average molecular weight is 444 g/mol. The van der Waals surface area contributed by atoms with Crippen LogP contribution in [0.2, 0.25) is 0 Å². The van der Waals surface area contributed by atoms with Crippen molar-refractivity contribution in [3.05, 3.63) is 101 Å². The molecule has 3 aromatic carbocycles. The summed E-state index contributed by atoms with van der Waals surface area (Å²) < 4.78 is 77.3. The number of hydrogen-bond donors (Lipinski definition) is 0. The van der Waals surface area contributed by atoms with Crippen molar-refractivity contribution in [3.63, 3.8) is 0 Å². The summed E-state index contributed by atoms with van der Waals surface area (Å²) in [6.07, 6.45) is 1.47. The zero-order valence-electron chi connectivity index (χ0n) is 28.9. The van der Waals surface area contributed by atoms with E-state index in [0.29, 0.717) is 11.3 Å². The van der Waals surface area contributed by atoms with Crippen molar-refractivity contribution in [1.29, 1.82) is 0 Å². The van der Waals surface area contributed by atoms with Gasteiger partial charge in [0, 0.05) is 29.5 Å². The van der Waals surface area contributed by atoms with Gasteiger partial charge in [-0.3, -0.25) is 0 Å². The van der Waals surface area contributed by atoms with Crippen molar-refractivity contribution >= 4 is 0 Å². The van der Waals surface area contributed by atoms with Crippen LogP contribution in [0.15, 0.2) is 72.9 Å².